The van der Waals surface area contributed by atoms with Crippen molar-refractivity contribution >= 4 is 26.1 Å². The van der Waals surface area contributed by atoms with Gasteiger partial charge >= 0.3 is 12.1 Å². The maximum atomic E-state index is 13.2. The number of esters is 1. The van der Waals surface area contributed by atoms with Gasteiger partial charge in [-0.25, -0.2) is 9.59 Å². The molecule has 0 atom stereocenters. The Morgan fingerprint density at radius 2 is 1.67 bits per heavy atom. The van der Waals surface area contributed by atoms with Gasteiger partial charge in [-0.15, -0.1) is 0 Å². The van der Waals surface area contributed by atoms with E-state index in [0.29, 0.717) is 29.1 Å². The SMILES string of the molecule is CCOC(=O)c1c(O[Si](C)(C)C(C)(C)C)ccc(NC(=O)OC(C)(C)C)c1CN1CCCC1. The third kappa shape index (κ3) is 7.47. The van der Waals surface area contributed by atoms with E-state index < -0.39 is 26.0 Å². The van der Waals surface area contributed by atoms with E-state index in [0.717, 1.165) is 25.9 Å². The quantitative estimate of drug-likeness (QED) is 0.372. The van der Waals surface area contributed by atoms with Gasteiger partial charge in [0.1, 0.15) is 16.9 Å². The molecule has 8 heteroatoms. The highest BCUT2D eigenvalue weighted by atomic mass is 28.4. The van der Waals surface area contributed by atoms with E-state index in [1.54, 1.807) is 19.1 Å². The molecule has 0 bridgehead atoms. The van der Waals surface area contributed by atoms with Gasteiger partial charge in [0.15, 0.2) is 0 Å². The topological polar surface area (TPSA) is 77.1 Å². The van der Waals surface area contributed by atoms with Crippen molar-refractivity contribution in [1.82, 2.24) is 4.90 Å². The number of rotatable bonds is 7. The van der Waals surface area contributed by atoms with E-state index in [2.05, 4.69) is 44.1 Å². The molecule has 1 fully saturated rings. The summed E-state index contributed by atoms with van der Waals surface area (Å²) in [5.41, 5.74) is 1.01. The summed E-state index contributed by atoms with van der Waals surface area (Å²) < 4.78 is 17.5. The predicted molar refractivity (Wildman–Crippen MR) is 135 cm³/mol. The summed E-state index contributed by atoms with van der Waals surface area (Å²) >= 11 is 0. The van der Waals surface area contributed by atoms with Crippen LogP contribution >= 0.6 is 0 Å². The number of hydrogen-bond donors (Lipinski definition) is 1. The molecule has 7 nitrogen and oxygen atoms in total. The Morgan fingerprint density at radius 1 is 1.06 bits per heavy atom. The molecule has 1 aliphatic heterocycles. The Balaban J connectivity index is 2.58. The summed E-state index contributed by atoms with van der Waals surface area (Å²) in [5, 5.41) is 2.82. The van der Waals surface area contributed by atoms with Crippen LogP contribution in [0, 0.1) is 0 Å². The van der Waals surface area contributed by atoms with Crippen LogP contribution in [0.15, 0.2) is 12.1 Å². The third-order valence-electron chi connectivity index (χ3n) is 6.14. The van der Waals surface area contributed by atoms with Crippen LogP contribution in [0.4, 0.5) is 10.5 Å². The minimum atomic E-state index is -2.23. The number of nitrogens with zero attached hydrogens (tertiary/aromatic N) is 1. The van der Waals surface area contributed by atoms with E-state index in [1.165, 1.54) is 0 Å². The Kier molecular flexibility index (Phi) is 8.62. The summed E-state index contributed by atoms with van der Waals surface area (Å²) in [6.07, 6.45) is 1.67. The van der Waals surface area contributed by atoms with Gasteiger partial charge in [-0.1, -0.05) is 20.8 Å². The third-order valence-corrected chi connectivity index (χ3v) is 10.5. The standard InChI is InChI=1S/C25H42N2O5Si/c1-10-30-22(28)21-18(17-27-15-11-12-16-27)19(26-23(29)31-24(2,3)4)13-14-20(21)32-33(8,9)25(5,6)7/h13-14H,10-12,15-17H2,1-9H3,(H,26,29). The molecule has 1 saturated heterocycles. The summed E-state index contributed by atoms with van der Waals surface area (Å²) in [6, 6.07) is 3.58. The number of benzene rings is 1. The smallest absolute Gasteiger partial charge is 0.412 e. The lowest BCUT2D eigenvalue weighted by molar-refractivity contribution is 0.0520. The summed E-state index contributed by atoms with van der Waals surface area (Å²) in [6.45, 7) is 20.7. The molecule has 0 aromatic heterocycles. The highest BCUT2D eigenvalue weighted by molar-refractivity contribution is 6.74. The van der Waals surface area contributed by atoms with Crippen molar-refractivity contribution in [3.8, 4) is 5.75 Å². The van der Waals surface area contributed by atoms with Crippen molar-refractivity contribution in [2.24, 2.45) is 0 Å². The Morgan fingerprint density at radius 3 is 2.18 bits per heavy atom. The van der Waals surface area contributed by atoms with Crippen LogP contribution in [0.5, 0.6) is 5.75 Å². The van der Waals surface area contributed by atoms with Crippen molar-refractivity contribution in [2.45, 2.75) is 91.6 Å². The fraction of sp³-hybridized carbons (Fsp3) is 0.680. The minimum Gasteiger partial charge on any atom is -0.543 e. The molecule has 0 spiro atoms. The second-order valence-electron chi connectivity index (χ2n) is 11.2. The molecule has 1 N–H and O–H groups in total. The molecular weight excluding hydrogens is 436 g/mol. The second kappa shape index (κ2) is 10.5. The van der Waals surface area contributed by atoms with Crippen LogP contribution in [0.2, 0.25) is 18.1 Å². The maximum Gasteiger partial charge on any atom is 0.412 e. The molecular formula is C25H42N2O5Si. The molecule has 0 saturated carbocycles. The van der Waals surface area contributed by atoms with Crippen molar-refractivity contribution in [1.29, 1.82) is 0 Å². The van der Waals surface area contributed by atoms with Crippen LogP contribution in [0.1, 0.15) is 77.2 Å². The molecule has 1 heterocycles. The van der Waals surface area contributed by atoms with Gasteiger partial charge < -0.3 is 13.9 Å². The van der Waals surface area contributed by atoms with E-state index >= 15 is 0 Å². The lowest BCUT2D eigenvalue weighted by Crippen LogP contribution is -2.44. The molecule has 1 aromatic rings. The molecule has 2 rings (SSSR count). The zero-order valence-corrected chi connectivity index (χ0v) is 22.9. The maximum absolute atomic E-state index is 13.2. The summed E-state index contributed by atoms with van der Waals surface area (Å²) in [5.74, 6) is 0.0808. The molecule has 1 aliphatic rings. The Bertz CT molecular complexity index is 850. The monoisotopic (exact) mass is 478 g/mol. The number of ether oxygens (including phenoxy) is 2. The van der Waals surface area contributed by atoms with Crippen LogP contribution in [-0.2, 0) is 16.0 Å². The molecule has 0 aliphatic carbocycles. The van der Waals surface area contributed by atoms with Gasteiger partial charge in [-0.3, -0.25) is 10.2 Å². The molecule has 186 valence electrons. The largest absolute Gasteiger partial charge is 0.543 e. The van der Waals surface area contributed by atoms with Gasteiger partial charge in [0, 0.05) is 17.8 Å². The van der Waals surface area contributed by atoms with Gasteiger partial charge in [-0.05, 0) is 83.9 Å². The van der Waals surface area contributed by atoms with Gasteiger partial charge in [-0.2, -0.15) is 0 Å². The first-order chi connectivity index (χ1) is 15.1. The number of carbonyl (C=O) groups excluding carboxylic acids is 2. The number of likely N-dealkylation sites (tertiary alicyclic amines) is 1. The molecule has 0 radical (unpaired) electrons. The number of anilines is 1. The van der Waals surface area contributed by atoms with Crippen molar-refractivity contribution in [3.63, 3.8) is 0 Å². The fourth-order valence-corrected chi connectivity index (χ4v) is 4.45. The van der Waals surface area contributed by atoms with Crippen molar-refractivity contribution in [2.75, 3.05) is 25.0 Å². The van der Waals surface area contributed by atoms with E-state index in [9.17, 15) is 9.59 Å². The van der Waals surface area contributed by atoms with E-state index in [4.69, 9.17) is 13.9 Å². The Hall–Kier alpha value is -2.06. The molecule has 33 heavy (non-hydrogen) atoms. The van der Waals surface area contributed by atoms with Crippen molar-refractivity contribution < 1.29 is 23.5 Å². The van der Waals surface area contributed by atoms with Gasteiger partial charge in [0.2, 0.25) is 0 Å². The van der Waals surface area contributed by atoms with Gasteiger partial charge in [0.05, 0.1) is 6.61 Å². The number of carbonyl (C=O) groups is 2. The average Bonchev–Trinajstić information content (AvgIpc) is 3.14. The van der Waals surface area contributed by atoms with Crippen LogP contribution in [0.3, 0.4) is 0 Å². The Labute approximate surface area is 200 Å². The minimum absolute atomic E-state index is 0.0402. The van der Waals surface area contributed by atoms with Crippen molar-refractivity contribution in [3.05, 3.63) is 23.3 Å². The lowest BCUT2D eigenvalue weighted by Gasteiger charge is -2.37. The van der Waals surface area contributed by atoms with E-state index in [-0.39, 0.29) is 11.6 Å². The number of nitrogens with one attached hydrogen (secondary N) is 1. The molecule has 1 aromatic carbocycles. The van der Waals surface area contributed by atoms with Gasteiger partial charge in [0.25, 0.3) is 8.32 Å². The predicted octanol–water partition coefficient (Wildman–Crippen LogP) is 6.19. The highest BCUT2D eigenvalue weighted by Crippen LogP contribution is 2.40. The van der Waals surface area contributed by atoms with Crippen LogP contribution in [0.25, 0.3) is 0 Å². The number of amides is 1. The normalized spacial score (nSPS) is 15.3. The number of hydrogen-bond acceptors (Lipinski definition) is 6. The lowest BCUT2D eigenvalue weighted by atomic mass is 10.0. The highest BCUT2D eigenvalue weighted by Gasteiger charge is 2.40. The first kappa shape index (κ1) is 27.2. The summed E-state index contributed by atoms with van der Waals surface area (Å²) in [4.78, 5) is 28.1. The first-order valence-corrected chi connectivity index (χ1v) is 14.8. The summed E-state index contributed by atoms with van der Waals surface area (Å²) in [7, 11) is -2.23. The fourth-order valence-electron chi connectivity index (χ4n) is 3.43. The average molecular weight is 479 g/mol. The first-order valence-electron chi connectivity index (χ1n) is 11.9. The van der Waals surface area contributed by atoms with Crippen LogP contribution < -0.4 is 9.74 Å². The second-order valence-corrected chi connectivity index (χ2v) is 15.9. The van der Waals surface area contributed by atoms with Crippen LogP contribution in [-0.4, -0.2) is 50.6 Å². The zero-order valence-electron chi connectivity index (χ0n) is 21.9. The molecule has 1 amide bonds. The zero-order chi connectivity index (χ0) is 25.0. The van der Waals surface area contributed by atoms with E-state index in [1.807, 2.05) is 20.8 Å². The molecule has 0 unspecified atom stereocenters.